The SMILES string of the molecule is CCc1nc2sc([C@H](c3ccc(F)c(F)c3)[NH+]3CCC(O)CC3)c(O)n2n1. The highest BCUT2D eigenvalue weighted by molar-refractivity contribution is 7.17. The second-order valence-corrected chi connectivity index (χ2v) is 7.87. The number of aromatic hydroxyl groups is 1. The van der Waals surface area contributed by atoms with Crippen LogP contribution in [0.3, 0.4) is 0 Å². The Kier molecular flexibility index (Phi) is 4.83. The molecule has 2 aromatic heterocycles. The lowest BCUT2D eigenvalue weighted by atomic mass is 9.99. The van der Waals surface area contributed by atoms with Crippen LogP contribution >= 0.6 is 11.3 Å². The van der Waals surface area contributed by atoms with Crippen molar-refractivity contribution in [2.24, 2.45) is 0 Å². The third-order valence-electron chi connectivity index (χ3n) is 5.10. The minimum absolute atomic E-state index is 0.0180. The van der Waals surface area contributed by atoms with Crippen LogP contribution in [0.2, 0.25) is 0 Å². The fourth-order valence-electron chi connectivity index (χ4n) is 3.65. The van der Waals surface area contributed by atoms with Crippen molar-refractivity contribution < 1.29 is 23.9 Å². The topological polar surface area (TPSA) is 75.1 Å². The van der Waals surface area contributed by atoms with Crippen molar-refractivity contribution in [2.75, 3.05) is 13.1 Å². The number of aliphatic hydroxyl groups excluding tert-OH is 1. The Morgan fingerprint density at radius 2 is 2.04 bits per heavy atom. The van der Waals surface area contributed by atoms with Gasteiger partial charge in [-0.1, -0.05) is 18.3 Å². The van der Waals surface area contributed by atoms with Crippen molar-refractivity contribution in [1.82, 2.24) is 14.6 Å². The summed E-state index contributed by atoms with van der Waals surface area (Å²) in [5.74, 6) is -1.20. The summed E-state index contributed by atoms with van der Waals surface area (Å²) in [7, 11) is 0. The van der Waals surface area contributed by atoms with Gasteiger partial charge >= 0.3 is 0 Å². The quantitative estimate of drug-likeness (QED) is 0.625. The molecule has 27 heavy (non-hydrogen) atoms. The number of piperidine rings is 1. The molecule has 0 unspecified atom stereocenters. The van der Waals surface area contributed by atoms with Gasteiger partial charge < -0.3 is 15.1 Å². The molecule has 0 radical (unpaired) electrons. The third kappa shape index (κ3) is 3.30. The van der Waals surface area contributed by atoms with Gasteiger partial charge in [-0.15, -0.1) is 5.10 Å². The van der Waals surface area contributed by atoms with E-state index < -0.39 is 11.6 Å². The zero-order valence-corrected chi connectivity index (χ0v) is 15.6. The molecule has 1 atom stereocenters. The average Bonchev–Trinajstić information content (AvgIpc) is 3.19. The summed E-state index contributed by atoms with van der Waals surface area (Å²) in [5.41, 5.74) is 0.579. The Morgan fingerprint density at radius 3 is 2.67 bits per heavy atom. The van der Waals surface area contributed by atoms with Crippen LogP contribution in [0.15, 0.2) is 18.2 Å². The molecule has 1 aliphatic heterocycles. The smallest absolute Gasteiger partial charge is 0.235 e. The largest absolute Gasteiger partial charge is 0.492 e. The van der Waals surface area contributed by atoms with Crippen LogP contribution in [0.5, 0.6) is 5.88 Å². The molecule has 144 valence electrons. The fraction of sp³-hybridized carbons (Fsp3) is 0.444. The Balaban J connectivity index is 1.80. The van der Waals surface area contributed by atoms with E-state index in [0.717, 1.165) is 11.0 Å². The summed E-state index contributed by atoms with van der Waals surface area (Å²) in [6.07, 6.45) is 1.56. The molecule has 1 fully saturated rings. The molecule has 3 aromatic rings. The van der Waals surface area contributed by atoms with Gasteiger partial charge in [-0.05, 0) is 18.2 Å². The first-order chi connectivity index (χ1) is 13.0. The maximum atomic E-state index is 13.9. The molecule has 0 aliphatic carbocycles. The molecule has 1 aromatic carbocycles. The predicted octanol–water partition coefficient (Wildman–Crippen LogP) is 1.47. The first-order valence-electron chi connectivity index (χ1n) is 9.02. The minimum atomic E-state index is -0.916. The number of fused-ring (bicyclic) bond motifs is 1. The maximum absolute atomic E-state index is 13.9. The second kappa shape index (κ2) is 7.14. The molecule has 3 heterocycles. The Hall–Kier alpha value is -2.10. The molecule has 3 N–H and O–H groups in total. The number of halogens is 2. The number of aliphatic hydroxyl groups is 1. The summed E-state index contributed by atoms with van der Waals surface area (Å²) in [6.45, 7) is 3.26. The minimum Gasteiger partial charge on any atom is -0.492 e. The van der Waals surface area contributed by atoms with E-state index in [2.05, 4.69) is 10.1 Å². The molecule has 1 saturated heterocycles. The Labute approximate surface area is 158 Å². The van der Waals surface area contributed by atoms with Crippen molar-refractivity contribution >= 4 is 16.3 Å². The molecule has 4 rings (SSSR count). The van der Waals surface area contributed by atoms with Gasteiger partial charge in [0.15, 0.2) is 23.5 Å². The lowest BCUT2D eigenvalue weighted by Crippen LogP contribution is -3.13. The molecule has 0 spiro atoms. The van der Waals surface area contributed by atoms with Crippen molar-refractivity contribution in [1.29, 1.82) is 0 Å². The second-order valence-electron chi connectivity index (χ2n) is 6.86. The van der Waals surface area contributed by atoms with Crippen LogP contribution in [0.25, 0.3) is 4.96 Å². The van der Waals surface area contributed by atoms with Crippen LogP contribution in [-0.2, 0) is 6.42 Å². The first-order valence-corrected chi connectivity index (χ1v) is 9.84. The van der Waals surface area contributed by atoms with Crippen LogP contribution < -0.4 is 4.90 Å². The lowest BCUT2D eigenvalue weighted by Gasteiger charge is -2.33. The molecule has 1 aliphatic rings. The zero-order chi connectivity index (χ0) is 19.1. The number of aryl methyl sites for hydroxylation is 1. The monoisotopic (exact) mass is 395 g/mol. The summed E-state index contributed by atoms with van der Waals surface area (Å²) in [6, 6.07) is 3.46. The number of rotatable bonds is 4. The number of hydrogen-bond acceptors (Lipinski definition) is 5. The van der Waals surface area contributed by atoms with Crippen molar-refractivity contribution in [3.63, 3.8) is 0 Å². The molecule has 0 amide bonds. The van der Waals surface area contributed by atoms with E-state index in [0.29, 0.717) is 53.6 Å². The van der Waals surface area contributed by atoms with Crippen molar-refractivity contribution in [2.45, 2.75) is 38.3 Å². The summed E-state index contributed by atoms with van der Waals surface area (Å²) < 4.78 is 28.8. The Bertz CT molecular complexity index is 966. The lowest BCUT2D eigenvalue weighted by molar-refractivity contribution is -0.931. The van der Waals surface area contributed by atoms with Crippen LogP contribution in [-0.4, -0.2) is 44.0 Å². The van der Waals surface area contributed by atoms with Gasteiger partial charge in [-0.25, -0.2) is 13.8 Å². The summed E-state index contributed by atoms with van der Waals surface area (Å²) in [5, 5.41) is 24.9. The Morgan fingerprint density at radius 1 is 1.30 bits per heavy atom. The van der Waals surface area contributed by atoms with Crippen LogP contribution in [0.4, 0.5) is 8.78 Å². The van der Waals surface area contributed by atoms with E-state index >= 15 is 0 Å². The fourth-order valence-corrected chi connectivity index (χ4v) is 4.81. The van der Waals surface area contributed by atoms with Gasteiger partial charge in [0.05, 0.1) is 19.2 Å². The first kappa shape index (κ1) is 18.3. The standard InChI is InChI=1S/C18H20F2N4O2S/c1-2-14-21-18-24(22-14)17(26)16(27-18)15(23-7-5-11(25)6-8-23)10-3-4-12(19)13(20)9-10/h3-4,9,11,15,25-26H,2,5-8H2,1H3/p+1/t15-/m0/s1. The number of likely N-dealkylation sites (tertiary alicyclic amines) is 1. The van der Waals surface area contributed by atoms with Gasteiger partial charge in [-0.3, -0.25) is 0 Å². The number of nitrogens with one attached hydrogen (secondary N) is 1. The third-order valence-corrected chi connectivity index (χ3v) is 6.19. The van der Waals surface area contributed by atoms with Gasteiger partial charge in [0.1, 0.15) is 4.88 Å². The molecule has 0 saturated carbocycles. The molecule has 9 heteroatoms. The van der Waals surface area contributed by atoms with E-state index in [-0.39, 0.29) is 18.0 Å². The molecule has 0 bridgehead atoms. The number of thiazole rings is 1. The van der Waals surface area contributed by atoms with Gasteiger partial charge in [-0.2, -0.15) is 4.52 Å². The van der Waals surface area contributed by atoms with Crippen molar-refractivity contribution in [3.8, 4) is 5.88 Å². The highest BCUT2D eigenvalue weighted by atomic mass is 32.1. The van der Waals surface area contributed by atoms with E-state index in [4.69, 9.17) is 0 Å². The zero-order valence-electron chi connectivity index (χ0n) is 14.8. The van der Waals surface area contributed by atoms with Crippen molar-refractivity contribution in [3.05, 3.63) is 46.1 Å². The highest BCUT2D eigenvalue weighted by Gasteiger charge is 2.35. The molecular formula is C18H21F2N4O2S+. The van der Waals surface area contributed by atoms with E-state index in [9.17, 15) is 19.0 Å². The number of hydrogen-bond donors (Lipinski definition) is 3. The normalized spacial score (nSPS) is 21.6. The van der Waals surface area contributed by atoms with E-state index in [1.54, 1.807) is 6.07 Å². The average molecular weight is 395 g/mol. The number of quaternary nitrogens is 1. The highest BCUT2D eigenvalue weighted by Crippen LogP contribution is 2.35. The van der Waals surface area contributed by atoms with Crippen LogP contribution in [0.1, 0.15) is 42.1 Å². The number of nitrogens with zero attached hydrogens (tertiary/aromatic N) is 3. The van der Waals surface area contributed by atoms with Gasteiger partial charge in [0, 0.05) is 24.8 Å². The van der Waals surface area contributed by atoms with E-state index in [1.165, 1.54) is 21.9 Å². The molecular weight excluding hydrogens is 374 g/mol. The van der Waals surface area contributed by atoms with E-state index in [1.807, 2.05) is 6.92 Å². The molecule has 6 nitrogen and oxygen atoms in total. The van der Waals surface area contributed by atoms with Gasteiger partial charge in [0.2, 0.25) is 10.8 Å². The summed E-state index contributed by atoms with van der Waals surface area (Å²) >= 11 is 1.31. The summed E-state index contributed by atoms with van der Waals surface area (Å²) in [4.78, 5) is 6.68. The maximum Gasteiger partial charge on any atom is 0.235 e. The number of benzene rings is 1. The predicted molar refractivity (Wildman–Crippen MR) is 96.0 cm³/mol. The number of aromatic nitrogens is 3. The van der Waals surface area contributed by atoms with Gasteiger partial charge in [0.25, 0.3) is 0 Å². The van der Waals surface area contributed by atoms with Crippen LogP contribution in [0, 0.1) is 11.6 Å².